The summed E-state index contributed by atoms with van der Waals surface area (Å²) in [6, 6.07) is 5.24. The zero-order valence-corrected chi connectivity index (χ0v) is 17.8. The van der Waals surface area contributed by atoms with Crippen LogP contribution in [0.25, 0.3) is 0 Å². The minimum Gasteiger partial charge on any atom is -0.463 e. The van der Waals surface area contributed by atoms with Gasteiger partial charge < -0.3 is 14.2 Å². The summed E-state index contributed by atoms with van der Waals surface area (Å²) >= 11 is 0. The van der Waals surface area contributed by atoms with Crippen molar-refractivity contribution in [3.8, 4) is 0 Å². The van der Waals surface area contributed by atoms with Gasteiger partial charge in [0.05, 0.1) is 6.54 Å². The number of rotatable bonds is 6. The number of urea groups is 1. The lowest BCUT2D eigenvalue weighted by atomic mass is 9.89. The van der Waals surface area contributed by atoms with Crippen LogP contribution in [0.15, 0.2) is 24.3 Å². The predicted molar refractivity (Wildman–Crippen MR) is 105 cm³/mol. The predicted octanol–water partition coefficient (Wildman–Crippen LogP) is 1.05. The van der Waals surface area contributed by atoms with Gasteiger partial charge in [-0.25, -0.2) is 9.18 Å². The molecule has 2 fully saturated rings. The summed E-state index contributed by atoms with van der Waals surface area (Å²) in [7, 11) is 0. The molecule has 3 amide bonds. The fourth-order valence-corrected chi connectivity index (χ4v) is 3.67. The van der Waals surface area contributed by atoms with Crippen LogP contribution >= 0.6 is 0 Å². The highest BCUT2D eigenvalue weighted by molar-refractivity contribution is 6.21. The molecular formula is C21H23FN2O8. The number of carbonyl (C=O) groups excluding carboxylic acids is 5. The van der Waals surface area contributed by atoms with Gasteiger partial charge in [0.25, 0.3) is 11.6 Å². The molecule has 3 rings (SSSR count). The molecule has 2 saturated heterocycles. The standard InChI is InChI=1S/C21H23FN2O8/c1-11-6-4-5-7-14(11)18(27)21(22)10-24(20(29)23-19(21)28)17-8-15(31-13(3)26)16(32-17)9-30-12(2)25/h4-7,15-17H,8-10H2,1-3H3,(H,23,28,29)/t15-,16+,17+,21?/m0/s1. The minimum atomic E-state index is -3.05. The third kappa shape index (κ3) is 4.62. The Morgan fingerprint density at radius 3 is 2.53 bits per heavy atom. The zero-order valence-electron chi connectivity index (χ0n) is 17.8. The van der Waals surface area contributed by atoms with Gasteiger partial charge in [-0.3, -0.25) is 29.4 Å². The molecule has 2 aliphatic rings. The Bertz CT molecular complexity index is 967. The molecule has 1 N–H and O–H groups in total. The number of nitrogens with zero attached hydrogens (tertiary/aromatic N) is 1. The van der Waals surface area contributed by atoms with E-state index in [1.54, 1.807) is 19.1 Å². The number of esters is 2. The smallest absolute Gasteiger partial charge is 0.326 e. The maximum absolute atomic E-state index is 15.8. The fraction of sp³-hybridized carbons (Fsp3) is 0.476. The van der Waals surface area contributed by atoms with Crippen LogP contribution in [0.4, 0.5) is 9.18 Å². The van der Waals surface area contributed by atoms with E-state index in [2.05, 4.69) is 0 Å². The second-order valence-corrected chi connectivity index (χ2v) is 7.65. The highest BCUT2D eigenvalue weighted by atomic mass is 19.1. The van der Waals surface area contributed by atoms with E-state index >= 15 is 4.39 Å². The molecule has 11 heteroatoms. The van der Waals surface area contributed by atoms with Crippen LogP contribution in [0.3, 0.4) is 0 Å². The average molecular weight is 450 g/mol. The molecule has 0 saturated carbocycles. The maximum atomic E-state index is 15.8. The summed E-state index contributed by atoms with van der Waals surface area (Å²) in [5.41, 5.74) is -2.56. The quantitative estimate of drug-likeness (QED) is 0.387. The Balaban J connectivity index is 1.84. The molecule has 1 aromatic rings. The van der Waals surface area contributed by atoms with Crippen LogP contribution in [0.5, 0.6) is 0 Å². The number of carbonyl (C=O) groups is 5. The van der Waals surface area contributed by atoms with E-state index in [0.717, 1.165) is 4.90 Å². The van der Waals surface area contributed by atoms with E-state index in [9.17, 15) is 24.0 Å². The molecule has 4 atom stereocenters. The Hall–Kier alpha value is -3.34. The number of ketones is 1. The number of benzene rings is 1. The molecule has 1 aromatic carbocycles. The molecule has 10 nitrogen and oxygen atoms in total. The number of alkyl halides is 1. The number of aryl methyl sites for hydroxylation is 1. The second kappa shape index (κ2) is 9.03. The first-order valence-corrected chi connectivity index (χ1v) is 9.90. The van der Waals surface area contributed by atoms with Crippen molar-refractivity contribution in [1.29, 1.82) is 0 Å². The first-order chi connectivity index (χ1) is 15.0. The van der Waals surface area contributed by atoms with Crippen LogP contribution < -0.4 is 5.32 Å². The van der Waals surface area contributed by atoms with Crippen molar-refractivity contribution in [2.75, 3.05) is 13.2 Å². The van der Waals surface area contributed by atoms with Crippen molar-refractivity contribution in [2.45, 2.75) is 51.3 Å². The van der Waals surface area contributed by atoms with E-state index in [1.807, 2.05) is 5.32 Å². The first kappa shape index (κ1) is 23.3. The van der Waals surface area contributed by atoms with Crippen molar-refractivity contribution < 1.29 is 42.6 Å². The van der Waals surface area contributed by atoms with Crippen LogP contribution in [-0.2, 0) is 28.6 Å². The number of ether oxygens (including phenoxy) is 3. The van der Waals surface area contributed by atoms with Gasteiger partial charge in [0, 0.05) is 25.8 Å². The fourth-order valence-electron chi connectivity index (χ4n) is 3.67. The Kier molecular flexibility index (Phi) is 6.58. The molecule has 32 heavy (non-hydrogen) atoms. The Labute approximate surface area is 183 Å². The SMILES string of the molecule is CC(=O)OC[C@H]1O[C@@H](N2CC(F)(C(=O)c3ccccc3C)C(=O)NC2=O)C[C@@H]1OC(C)=O. The summed E-state index contributed by atoms with van der Waals surface area (Å²) in [5, 5.41) is 1.87. The third-order valence-electron chi connectivity index (χ3n) is 5.28. The lowest BCUT2D eigenvalue weighted by Crippen LogP contribution is -2.67. The minimum absolute atomic E-state index is 0.0114. The molecule has 0 radical (unpaired) electrons. The molecule has 0 bridgehead atoms. The molecule has 2 heterocycles. The number of halogens is 1. The third-order valence-corrected chi connectivity index (χ3v) is 5.28. The van der Waals surface area contributed by atoms with Crippen molar-refractivity contribution in [2.24, 2.45) is 0 Å². The topological polar surface area (TPSA) is 128 Å². The maximum Gasteiger partial charge on any atom is 0.326 e. The van der Waals surface area contributed by atoms with Crippen LogP contribution in [0, 0.1) is 6.92 Å². The summed E-state index contributed by atoms with van der Waals surface area (Å²) < 4.78 is 31.6. The Morgan fingerprint density at radius 1 is 1.22 bits per heavy atom. The number of nitrogens with one attached hydrogen (secondary N) is 1. The lowest BCUT2D eigenvalue weighted by Gasteiger charge is -2.38. The monoisotopic (exact) mass is 450 g/mol. The summed E-state index contributed by atoms with van der Waals surface area (Å²) in [5.74, 6) is -3.67. The molecule has 0 spiro atoms. The number of hydrogen-bond acceptors (Lipinski definition) is 8. The van der Waals surface area contributed by atoms with Crippen molar-refractivity contribution in [3.63, 3.8) is 0 Å². The molecule has 2 aliphatic heterocycles. The first-order valence-electron chi connectivity index (χ1n) is 9.90. The highest BCUT2D eigenvalue weighted by Crippen LogP contribution is 2.32. The number of Topliss-reactive ketones (excluding diaryl/α,β-unsaturated/α-hetero) is 1. The van der Waals surface area contributed by atoms with Crippen LogP contribution in [0.1, 0.15) is 36.2 Å². The van der Waals surface area contributed by atoms with E-state index in [4.69, 9.17) is 14.2 Å². The normalized spacial score (nSPS) is 27.6. The van der Waals surface area contributed by atoms with E-state index in [-0.39, 0.29) is 18.6 Å². The zero-order chi connectivity index (χ0) is 23.6. The average Bonchev–Trinajstić information content (AvgIpc) is 3.10. The largest absolute Gasteiger partial charge is 0.463 e. The molecule has 172 valence electrons. The molecule has 1 unspecified atom stereocenters. The van der Waals surface area contributed by atoms with Gasteiger partial charge in [-0.05, 0) is 12.5 Å². The van der Waals surface area contributed by atoms with Crippen molar-refractivity contribution in [3.05, 3.63) is 35.4 Å². The van der Waals surface area contributed by atoms with Crippen LogP contribution in [-0.4, -0.2) is 71.8 Å². The van der Waals surface area contributed by atoms with Gasteiger partial charge in [0.15, 0.2) is 0 Å². The highest BCUT2D eigenvalue weighted by Gasteiger charge is 2.56. The van der Waals surface area contributed by atoms with Gasteiger partial charge in [-0.2, -0.15) is 0 Å². The van der Waals surface area contributed by atoms with Gasteiger partial charge in [-0.15, -0.1) is 0 Å². The second-order valence-electron chi connectivity index (χ2n) is 7.65. The number of imide groups is 1. The van der Waals surface area contributed by atoms with Gasteiger partial charge in [0.1, 0.15) is 25.0 Å². The van der Waals surface area contributed by atoms with Crippen molar-refractivity contribution in [1.82, 2.24) is 10.2 Å². The number of amides is 3. The Morgan fingerprint density at radius 2 is 1.91 bits per heavy atom. The van der Waals surface area contributed by atoms with Crippen LogP contribution in [0.2, 0.25) is 0 Å². The molecule has 0 aliphatic carbocycles. The number of hydrogen-bond donors (Lipinski definition) is 1. The van der Waals surface area contributed by atoms with Gasteiger partial charge in [-0.1, -0.05) is 24.3 Å². The lowest BCUT2D eigenvalue weighted by molar-refractivity contribution is -0.157. The van der Waals surface area contributed by atoms with Crippen molar-refractivity contribution >= 4 is 29.7 Å². The van der Waals surface area contributed by atoms with E-state index in [1.165, 1.54) is 26.0 Å². The molecule has 0 aromatic heterocycles. The molecular weight excluding hydrogens is 427 g/mol. The van der Waals surface area contributed by atoms with Gasteiger partial charge in [0.2, 0.25) is 5.78 Å². The van der Waals surface area contributed by atoms with E-state index in [0.29, 0.717) is 5.56 Å². The summed E-state index contributed by atoms with van der Waals surface area (Å²) in [6.07, 6.45) is -3.00. The van der Waals surface area contributed by atoms with E-state index < -0.39 is 60.3 Å². The summed E-state index contributed by atoms with van der Waals surface area (Å²) in [6.45, 7) is 2.81. The summed E-state index contributed by atoms with van der Waals surface area (Å²) in [4.78, 5) is 61.2. The van der Waals surface area contributed by atoms with Gasteiger partial charge >= 0.3 is 18.0 Å².